The van der Waals surface area contributed by atoms with Crippen molar-refractivity contribution in [1.29, 1.82) is 0 Å². The zero-order valence-corrected chi connectivity index (χ0v) is 22.6. The van der Waals surface area contributed by atoms with E-state index < -0.39 is 6.03 Å². The van der Waals surface area contributed by atoms with E-state index in [-0.39, 0.29) is 24.1 Å². The van der Waals surface area contributed by atoms with Crippen LogP contribution in [0.5, 0.6) is 11.5 Å². The average Bonchev–Trinajstić information content (AvgIpc) is 2.91. The van der Waals surface area contributed by atoms with Gasteiger partial charge in [-0.1, -0.05) is 53.5 Å². The Kier molecular flexibility index (Phi) is 8.55. The summed E-state index contributed by atoms with van der Waals surface area (Å²) in [6.07, 6.45) is 0. The number of para-hydroxylation sites is 3. The van der Waals surface area contributed by atoms with Crippen LogP contribution < -0.4 is 25.0 Å². The summed E-state index contributed by atoms with van der Waals surface area (Å²) < 4.78 is 11.3. The van der Waals surface area contributed by atoms with E-state index in [1.165, 1.54) is 12.0 Å². The normalized spacial score (nSPS) is 10.7. The number of fused-ring (bicyclic) bond motifs is 1. The SMILES string of the molecule is COc1ccccc1NC(=O)NCC(=O)N(C)c1ccc(Cl)c(COc2cccc3ccc(C)nc23)c1Cl. The predicted molar refractivity (Wildman–Crippen MR) is 151 cm³/mol. The lowest BCUT2D eigenvalue weighted by molar-refractivity contribution is -0.117. The maximum Gasteiger partial charge on any atom is 0.319 e. The number of pyridine rings is 1. The molecule has 1 aromatic heterocycles. The number of hydrogen-bond donors (Lipinski definition) is 2. The molecule has 38 heavy (non-hydrogen) atoms. The van der Waals surface area contributed by atoms with Gasteiger partial charge in [0.2, 0.25) is 5.91 Å². The van der Waals surface area contributed by atoms with Crippen molar-refractivity contribution in [3.05, 3.63) is 88.0 Å². The average molecular weight is 553 g/mol. The van der Waals surface area contributed by atoms with Crippen molar-refractivity contribution >= 4 is 57.4 Å². The van der Waals surface area contributed by atoms with E-state index in [0.717, 1.165) is 16.6 Å². The Bertz CT molecular complexity index is 1500. The van der Waals surface area contributed by atoms with Crippen LogP contribution >= 0.6 is 23.2 Å². The molecule has 0 aliphatic rings. The molecular weight excluding hydrogens is 527 g/mol. The molecular formula is C28H26Cl2N4O4. The molecule has 3 amide bonds. The highest BCUT2D eigenvalue weighted by Gasteiger charge is 2.20. The lowest BCUT2D eigenvalue weighted by Gasteiger charge is -2.21. The van der Waals surface area contributed by atoms with Crippen LogP contribution in [0.25, 0.3) is 10.9 Å². The summed E-state index contributed by atoms with van der Waals surface area (Å²) in [5, 5.41) is 6.84. The fraction of sp³-hybridized carbons (Fsp3) is 0.179. The molecule has 0 spiro atoms. The van der Waals surface area contributed by atoms with Crippen LogP contribution in [0.2, 0.25) is 10.0 Å². The monoisotopic (exact) mass is 552 g/mol. The number of urea groups is 1. The highest BCUT2D eigenvalue weighted by atomic mass is 35.5. The molecule has 0 saturated carbocycles. The minimum Gasteiger partial charge on any atom is -0.495 e. The van der Waals surface area contributed by atoms with Gasteiger partial charge in [0.1, 0.15) is 23.6 Å². The minimum absolute atomic E-state index is 0.0713. The third-order valence-corrected chi connectivity index (χ3v) is 6.63. The smallest absolute Gasteiger partial charge is 0.319 e. The maximum atomic E-state index is 12.9. The van der Waals surface area contributed by atoms with Crippen LogP contribution in [-0.2, 0) is 11.4 Å². The number of nitrogens with zero attached hydrogens (tertiary/aromatic N) is 2. The van der Waals surface area contributed by atoms with Gasteiger partial charge in [-0.05, 0) is 43.3 Å². The van der Waals surface area contributed by atoms with Crippen molar-refractivity contribution in [2.75, 3.05) is 30.9 Å². The number of amides is 3. The van der Waals surface area contributed by atoms with Gasteiger partial charge in [-0.2, -0.15) is 0 Å². The molecule has 0 aliphatic heterocycles. The number of aromatic nitrogens is 1. The van der Waals surface area contributed by atoms with Crippen LogP contribution in [0, 0.1) is 6.92 Å². The van der Waals surface area contributed by atoms with E-state index in [4.69, 9.17) is 32.7 Å². The molecule has 196 valence electrons. The van der Waals surface area contributed by atoms with Crippen LogP contribution in [-0.4, -0.2) is 37.6 Å². The van der Waals surface area contributed by atoms with E-state index in [0.29, 0.717) is 33.5 Å². The number of nitrogens with one attached hydrogen (secondary N) is 2. The fourth-order valence-electron chi connectivity index (χ4n) is 3.78. The standard InChI is InChI=1S/C28H26Cl2N4O4/c1-17-11-12-18-7-6-10-24(27(18)32-17)38-16-19-20(29)13-14-22(26(19)30)34(2)25(35)15-31-28(36)33-21-8-4-5-9-23(21)37-3/h4-14H,15-16H2,1-3H3,(H2,31,33,36). The van der Waals surface area contributed by atoms with Crippen molar-refractivity contribution in [2.24, 2.45) is 0 Å². The number of halogens is 2. The summed E-state index contributed by atoms with van der Waals surface area (Å²) in [6.45, 7) is 1.72. The maximum absolute atomic E-state index is 12.9. The van der Waals surface area contributed by atoms with Crippen LogP contribution in [0.15, 0.2) is 66.7 Å². The number of carbonyl (C=O) groups is 2. The lowest BCUT2D eigenvalue weighted by Crippen LogP contribution is -2.40. The molecule has 0 aliphatic carbocycles. The molecule has 0 saturated heterocycles. The Morgan fingerprint density at radius 2 is 1.74 bits per heavy atom. The zero-order valence-electron chi connectivity index (χ0n) is 21.0. The number of rotatable bonds is 8. The second kappa shape index (κ2) is 12.0. The number of anilines is 2. The topological polar surface area (TPSA) is 92.8 Å². The fourth-order valence-corrected chi connectivity index (χ4v) is 4.39. The largest absolute Gasteiger partial charge is 0.495 e. The van der Waals surface area contributed by atoms with E-state index >= 15 is 0 Å². The van der Waals surface area contributed by atoms with E-state index in [9.17, 15) is 9.59 Å². The molecule has 0 fully saturated rings. The number of hydrogen-bond acceptors (Lipinski definition) is 5. The van der Waals surface area contributed by atoms with Gasteiger partial charge in [0, 0.05) is 28.7 Å². The highest BCUT2D eigenvalue weighted by molar-refractivity contribution is 6.38. The highest BCUT2D eigenvalue weighted by Crippen LogP contribution is 2.35. The van der Waals surface area contributed by atoms with Crippen molar-refractivity contribution < 1.29 is 19.1 Å². The third kappa shape index (κ3) is 6.10. The quantitative estimate of drug-likeness (QED) is 0.270. The van der Waals surface area contributed by atoms with Gasteiger partial charge in [0.25, 0.3) is 0 Å². The Balaban J connectivity index is 1.44. The van der Waals surface area contributed by atoms with Crippen molar-refractivity contribution in [1.82, 2.24) is 10.3 Å². The first-order chi connectivity index (χ1) is 18.3. The molecule has 8 nitrogen and oxygen atoms in total. The van der Waals surface area contributed by atoms with Crippen LogP contribution in [0.3, 0.4) is 0 Å². The molecule has 1 heterocycles. The van der Waals surface area contributed by atoms with E-state index in [1.807, 2.05) is 37.3 Å². The first kappa shape index (κ1) is 27.0. The lowest BCUT2D eigenvalue weighted by atomic mass is 10.1. The number of carbonyl (C=O) groups excluding carboxylic acids is 2. The van der Waals surface area contributed by atoms with Gasteiger partial charge >= 0.3 is 6.03 Å². The number of methoxy groups -OCH3 is 1. The third-order valence-electron chi connectivity index (χ3n) is 5.85. The summed E-state index contributed by atoms with van der Waals surface area (Å²) in [7, 11) is 3.07. The first-order valence-electron chi connectivity index (χ1n) is 11.7. The van der Waals surface area contributed by atoms with E-state index in [1.54, 1.807) is 43.4 Å². The van der Waals surface area contributed by atoms with Gasteiger partial charge in [-0.3, -0.25) is 4.79 Å². The van der Waals surface area contributed by atoms with Crippen molar-refractivity contribution in [2.45, 2.75) is 13.5 Å². The Hall–Kier alpha value is -4.01. The summed E-state index contributed by atoms with van der Waals surface area (Å²) in [5.41, 5.74) is 3.04. The Labute approximate surface area is 230 Å². The van der Waals surface area contributed by atoms with Crippen molar-refractivity contribution in [3.8, 4) is 11.5 Å². The molecule has 0 radical (unpaired) electrons. The molecule has 4 aromatic rings. The number of ether oxygens (including phenoxy) is 2. The zero-order chi connectivity index (χ0) is 27.2. The minimum atomic E-state index is -0.550. The Morgan fingerprint density at radius 3 is 2.53 bits per heavy atom. The molecule has 2 N–H and O–H groups in total. The van der Waals surface area contributed by atoms with Gasteiger partial charge < -0.3 is 25.0 Å². The molecule has 10 heteroatoms. The van der Waals surface area contributed by atoms with Gasteiger partial charge in [0.05, 0.1) is 30.1 Å². The predicted octanol–water partition coefficient (Wildman–Crippen LogP) is 6.22. The summed E-state index contributed by atoms with van der Waals surface area (Å²) in [6, 6.07) is 19.3. The molecule has 0 atom stereocenters. The molecule has 0 unspecified atom stereocenters. The van der Waals surface area contributed by atoms with Gasteiger partial charge in [0.15, 0.2) is 0 Å². The van der Waals surface area contributed by atoms with Gasteiger partial charge in [-0.15, -0.1) is 0 Å². The van der Waals surface area contributed by atoms with Crippen LogP contribution in [0.4, 0.5) is 16.2 Å². The number of aryl methyl sites for hydroxylation is 1. The van der Waals surface area contributed by atoms with Crippen LogP contribution in [0.1, 0.15) is 11.3 Å². The summed E-state index contributed by atoms with van der Waals surface area (Å²) in [5.74, 6) is 0.714. The molecule has 0 bridgehead atoms. The summed E-state index contributed by atoms with van der Waals surface area (Å²) >= 11 is 13.1. The first-order valence-corrected chi connectivity index (χ1v) is 12.4. The summed E-state index contributed by atoms with van der Waals surface area (Å²) in [4.78, 5) is 31.1. The number of benzene rings is 3. The second-order valence-electron chi connectivity index (χ2n) is 8.39. The van der Waals surface area contributed by atoms with Gasteiger partial charge in [-0.25, -0.2) is 9.78 Å². The Morgan fingerprint density at radius 1 is 0.974 bits per heavy atom. The molecule has 3 aromatic carbocycles. The van der Waals surface area contributed by atoms with E-state index in [2.05, 4.69) is 15.6 Å². The van der Waals surface area contributed by atoms with Crippen molar-refractivity contribution in [3.63, 3.8) is 0 Å². The molecule has 4 rings (SSSR count). The number of likely N-dealkylation sites (N-methyl/N-ethyl adjacent to an activating group) is 1. The second-order valence-corrected chi connectivity index (χ2v) is 9.17.